The third kappa shape index (κ3) is 28.1. The molecule has 2 aromatic carbocycles. The number of hydrogen-bond acceptors (Lipinski definition) is 18. The molecule has 2 saturated heterocycles. The van der Waals surface area contributed by atoms with Crippen molar-refractivity contribution < 1.29 is 62.6 Å². The summed E-state index contributed by atoms with van der Waals surface area (Å²) in [6.45, 7) is 2.34. The molecule has 2 aliphatic heterocycles. The van der Waals surface area contributed by atoms with E-state index in [1.54, 1.807) is 44.2 Å². The summed E-state index contributed by atoms with van der Waals surface area (Å²) in [6, 6.07) is 0.276. The van der Waals surface area contributed by atoms with E-state index in [9.17, 15) is 62.6 Å². The molecule has 4 rings (SSSR count). The largest absolute Gasteiger partial charge is 0.508 e. The number of phenols is 1. The Hall–Kier alpha value is -10.4. The first-order chi connectivity index (χ1) is 46.6. The Morgan fingerprint density at radius 1 is 0.622 bits per heavy atom. The topological polar surface area (TPSA) is 620 Å². The zero-order chi connectivity index (χ0) is 72.4. The van der Waals surface area contributed by atoms with E-state index in [4.69, 9.17) is 51.6 Å². The lowest BCUT2D eigenvalue weighted by molar-refractivity contribution is -0.142. The minimum atomic E-state index is -1.76. The van der Waals surface area contributed by atoms with Gasteiger partial charge in [0.2, 0.25) is 70.9 Å². The van der Waals surface area contributed by atoms with Crippen LogP contribution in [0.2, 0.25) is 0 Å². The molecule has 36 nitrogen and oxygen atoms in total. The first kappa shape index (κ1) is 80.0. The van der Waals surface area contributed by atoms with Crippen LogP contribution in [-0.2, 0) is 70.4 Å². The molecule has 12 amide bonds. The normalized spacial score (nSPS) is 18.8. The van der Waals surface area contributed by atoms with Crippen molar-refractivity contribution in [2.45, 2.75) is 171 Å². The fraction of sp³-hybridized carbons (Fsp3) is 0.565. The molecule has 0 aliphatic carbocycles. The lowest BCUT2D eigenvalue weighted by Crippen LogP contribution is -2.62. The fourth-order valence-corrected chi connectivity index (χ4v) is 10.6. The quantitative estimate of drug-likeness (QED) is 0.0171. The van der Waals surface area contributed by atoms with E-state index < -0.39 is 157 Å². The number of rotatable bonds is 36. The molecule has 540 valence electrons. The number of primary amides is 1. The summed E-state index contributed by atoms with van der Waals surface area (Å²) in [4.78, 5) is 182. The lowest BCUT2D eigenvalue weighted by atomic mass is 9.96. The van der Waals surface area contributed by atoms with E-state index >= 15 is 0 Å². The Morgan fingerprint density at radius 3 is 1.77 bits per heavy atom. The van der Waals surface area contributed by atoms with Gasteiger partial charge in [-0.15, -0.1) is 0 Å². The molecule has 0 unspecified atom stereocenters. The monoisotopic (exact) mass is 1370 g/mol. The van der Waals surface area contributed by atoms with E-state index in [2.05, 4.69) is 68.1 Å². The van der Waals surface area contributed by atoms with Crippen LogP contribution in [0.3, 0.4) is 0 Å². The van der Waals surface area contributed by atoms with Crippen LogP contribution in [0.1, 0.15) is 108 Å². The average Bonchev–Trinajstić information content (AvgIpc) is 1.57. The molecule has 0 radical (unpaired) electrons. The van der Waals surface area contributed by atoms with Crippen molar-refractivity contribution in [1.82, 2.24) is 58.1 Å². The van der Waals surface area contributed by atoms with Crippen LogP contribution in [0.4, 0.5) is 0 Å². The number of benzene rings is 2. The van der Waals surface area contributed by atoms with Crippen molar-refractivity contribution >= 4 is 88.8 Å². The zero-order valence-electron chi connectivity index (χ0n) is 55.4. The lowest BCUT2D eigenvalue weighted by Gasteiger charge is -2.32. The molecule has 0 saturated carbocycles. The predicted octanol–water partition coefficient (Wildman–Crippen LogP) is -7.17. The number of carbonyl (C=O) groups excluding carboxylic acids is 12. The van der Waals surface area contributed by atoms with Crippen LogP contribution < -0.4 is 105 Å². The zero-order valence-corrected chi connectivity index (χ0v) is 55.4. The molecule has 2 heterocycles. The van der Waals surface area contributed by atoms with Crippen LogP contribution in [-0.4, -0.2) is 205 Å². The number of aliphatic imine (C=N–C) groups is 3. The highest BCUT2D eigenvalue weighted by atomic mass is 16.3. The summed E-state index contributed by atoms with van der Waals surface area (Å²) < 4.78 is 0. The predicted molar refractivity (Wildman–Crippen MR) is 362 cm³/mol. The number of nitrogens with two attached hydrogens (primary N) is 9. The van der Waals surface area contributed by atoms with Crippen molar-refractivity contribution in [3.8, 4) is 5.75 Å². The number of unbranched alkanes of at least 4 members (excludes halogenated alkanes) is 1. The Labute approximate surface area is 567 Å². The second kappa shape index (κ2) is 41.5. The van der Waals surface area contributed by atoms with Gasteiger partial charge >= 0.3 is 0 Å². The van der Waals surface area contributed by atoms with E-state index in [1.807, 2.05) is 0 Å². The summed E-state index contributed by atoms with van der Waals surface area (Å²) in [5, 5.41) is 35.6. The number of hydrogen-bond donors (Lipinski definition) is 20. The average molecular weight is 1370 g/mol. The number of amides is 12. The number of aromatic hydroxyl groups is 1. The number of nitrogens with one attached hydrogen (secondary N) is 10. The molecule has 0 spiro atoms. The van der Waals surface area contributed by atoms with E-state index in [0.29, 0.717) is 36.9 Å². The maximum Gasteiger partial charge on any atom is 0.245 e. The highest BCUT2D eigenvalue weighted by Crippen LogP contribution is 2.22. The Kier molecular flexibility index (Phi) is 33.9. The van der Waals surface area contributed by atoms with Crippen molar-refractivity contribution in [2.75, 3.05) is 45.8 Å². The maximum absolute atomic E-state index is 14.8. The van der Waals surface area contributed by atoms with Gasteiger partial charge in [-0.1, -0.05) is 62.7 Å². The van der Waals surface area contributed by atoms with Crippen molar-refractivity contribution in [1.29, 1.82) is 0 Å². The molecule has 2 aliphatic rings. The van der Waals surface area contributed by atoms with Crippen LogP contribution >= 0.6 is 0 Å². The smallest absolute Gasteiger partial charge is 0.245 e. The van der Waals surface area contributed by atoms with Gasteiger partial charge in [0.1, 0.15) is 60.1 Å². The van der Waals surface area contributed by atoms with Gasteiger partial charge in [0.05, 0.1) is 19.0 Å². The second-order valence-corrected chi connectivity index (χ2v) is 24.0. The molecule has 36 heteroatoms. The van der Waals surface area contributed by atoms with Crippen LogP contribution in [0.25, 0.3) is 0 Å². The van der Waals surface area contributed by atoms with Crippen LogP contribution in [0.5, 0.6) is 5.75 Å². The van der Waals surface area contributed by atoms with Crippen LogP contribution in [0.15, 0.2) is 69.6 Å². The number of guanidine groups is 3. The van der Waals surface area contributed by atoms with Gasteiger partial charge in [-0.2, -0.15) is 0 Å². The standard InChI is InChI=1S/C62H99N23O13/c1-3-34(2)49(58(97)81-42(18-11-27-74-62(70)71)59(98)85-28-12-19-46(85)57(96)78-39(50(65)89)15-7-8-24-63)84-54(93)41(17-10-26-73-61(68)69)79-53(92)40(16-9-25-72-60(66)67)80-56(95)45-32-75-47(87)31-44(82-51(90)38(64)29-36-20-22-37(86)23-21-36)52(91)76-33-48(88)77-43(55(94)83-45)30-35-13-5-4-6-14-35/h4-6,13-14,20-23,34,38-46,49,86H,3,7-12,15-19,24-33,63-64H2,1-2H3,(H2,65,89)(H,75,87)(H,76,91)(H,77,88)(H,78,96)(H,79,92)(H,80,95)(H,81,97)(H,82,90)(H,83,94)(H,84,93)(H4,66,67,72)(H4,68,69,73)(H4,70,71,74)/t34-,38-,39-,40-,41-,42-,43+,44+,45+,46-,49-/m0/s1. The van der Waals surface area contributed by atoms with E-state index in [-0.39, 0.29) is 120 Å². The molecule has 0 bridgehead atoms. The third-order valence-electron chi connectivity index (χ3n) is 16.2. The molecule has 2 aromatic rings. The van der Waals surface area contributed by atoms with Gasteiger partial charge in [0.25, 0.3) is 0 Å². The van der Waals surface area contributed by atoms with Gasteiger partial charge in [0, 0.05) is 39.1 Å². The van der Waals surface area contributed by atoms with Crippen molar-refractivity contribution in [2.24, 2.45) is 72.5 Å². The highest BCUT2D eigenvalue weighted by molar-refractivity contribution is 6.00. The summed E-state index contributed by atoms with van der Waals surface area (Å²) in [7, 11) is 0. The van der Waals surface area contributed by atoms with E-state index in [0.717, 1.165) is 0 Å². The number of nitrogens with zero attached hydrogens (tertiary/aromatic N) is 4. The summed E-state index contributed by atoms with van der Waals surface area (Å²) in [6.07, 6.45) is 0.985. The molecule has 2 fully saturated rings. The Balaban J connectivity index is 1.69. The van der Waals surface area contributed by atoms with Gasteiger partial charge in [-0.05, 0) is 113 Å². The van der Waals surface area contributed by atoms with E-state index in [1.165, 1.54) is 29.2 Å². The molecule has 98 heavy (non-hydrogen) atoms. The summed E-state index contributed by atoms with van der Waals surface area (Å²) >= 11 is 0. The van der Waals surface area contributed by atoms with Crippen LogP contribution in [0, 0.1) is 5.92 Å². The van der Waals surface area contributed by atoms with Gasteiger partial charge in [0.15, 0.2) is 17.9 Å². The first-order valence-corrected chi connectivity index (χ1v) is 32.6. The minimum Gasteiger partial charge on any atom is -0.508 e. The number of likely N-dealkylation sites (tertiary alicyclic amines) is 1. The summed E-state index contributed by atoms with van der Waals surface area (Å²) in [5.41, 5.74) is 52.2. The maximum atomic E-state index is 14.8. The van der Waals surface area contributed by atoms with Crippen molar-refractivity contribution in [3.05, 3.63) is 65.7 Å². The molecule has 11 atom stereocenters. The molecular formula is C62H99N23O13. The molecule has 29 N–H and O–H groups in total. The van der Waals surface area contributed by atoms with Gasteiger partial charge in [-0.3, -0.25) is 72.5 Å². The molecular weight excluding hydrogens is 1270 g/mol. The third-order valence-corrected chi connectivity index (χ3v) is 16.2. The minimum absolute atomic E-state index is 0.0123. The number of phenolic OH excluding ortho intramolecular Hbond substituents is 1. The highest BCUT2D eigenvalue weighted by Gasteiger charge is 2.41. The Morgan fingerprint density at radius 2 is 1.18 bits per heavy atom. The Bertz CT molecular complexity index is 3130. The molecule has 0 aromatic heterocycles. The van der Waals surface area contributed by atoms with Crippen molar-refractivity contribution in [3.63, 3.8) is 0 Å². The summed E-state index contributed by atoms with van der Waals surface area (Å²) in [5.74, 6) is -11.9. The fourth-order valence-electron chi connectivity index (χ4n) is 10.6. The first-order valence-electron chi connectivity index (χ1n) is 32.6. The number of carbonyl (C=O) groups is 12. The van der Waals surface area contributed by atoms with Gasteiger partial charge < -0.3 is 115 Å². The SMILES string of the molecule is CC[C@H](C)[C@H](NC(=O)[C@H](CCCN=C(N)N)NC(=O)[C@H](CCCN=C(N)N)NC(=O)[C@H]1CNC(=O)C[C@@H](NC(=O)[C@@H](N)Cc2ccc(O)cc2)C(=O)NCC(=O)N[C@H](Cc2ccccc2)C(=O)N1)C(=O)N[C@@H](CCCN=C(N)N)C(=O)N1CCC[C@H]1C(=O)N[C@@H](CCCCN)C(N)=O. The van der Waals surface area contributed by atoms with Gasteiger partial charge in [-0.25, -0.2) is 0 Å². The second-order valence-electron chi connectivity index (χ2n) is 24.0.